The summed E-state index contributed by atoms with van der Waals surface area (Å²) < 4.78 is 21.6. The number of unbranched alkanes of at least 4 members (excludes halogenated alkanes) is 18. The Balaban J connectivity index is 0. The summed E-state index contributed by atoms with van der Waals surface area (Å²) in [6, 6.07) is 0. The number of hydrogen-bond acceptors (Lipinski definition) is 4. The van der Waals surface area contributed by atoms with Crippen LogP contribution in [0.25, 0.3) is 0 Å². The Morgan fingerprint density at radius 3 is 1.10 bits per heavy atom. The van der Waals surface area contributed by atoms with E-state index in [9.17, 15) is 0 Å². The standard InChI is InChI=1S/C33H56O3.C4H10O/c1-4-7-10-13-16-19-22-25-28-34-31-33(36-30-27-24-21-18-15-12-9-6-3)32-35-29-26-23-20-17-14-11-8-5-2;1-3-5-4-2/h33H,4-24,31-32H2,1-3H3;3-4H2,1-2H3. The first-order chi connectivity index (χ1) is 20.3. The molecule has 0 N–H and O–H groups in total. The van der Waals surface area contributed by atoms with Crippen LogP contribution in [0.4, 0.5) is 0 Å². The van der Waals surface area contributed by atoms with Crippen LogP contribution in [0, 0.1) is 36.1 Å². The Labute approximate surface area is 256 Å². The molecular formula is C37H66O4. The van der Waals surface area contributed by atoms with Gasteiger partial charge in [-0.3, -0.25) is 0 Å². The van der Waals surface area contributed by atoms with Crippen molar-refractivity contribution in [2.75, 3.05) is 26.4 Å². The second-order valence-corrected chi connectivity index (χ2v) is 10.5. The molecule has 0 unspecified atom stereocenters. The second-order valence-electron chi connectivity index (χ2n) is 10.5. The molecule has 4 nitrogen and oxygen atoms in total. The molecule has 41 heavy (non-hydrogen) atoms. The van der Waals surface area contributed by atoms with Crippen LogP contribution in [0.3, 0.4) is 0 Å². The molecule has 0 aliphatic rings. The minimum Gasteiger partial charge on any atom is -0.442 e. The molecule has 0 saturated carbocycles. The first kappa shape index (κ1) is 41.2. The molecule has 0 amide bonds. The van der Waals surface area contributed by atoms with Crippen molar-refractivity contribution in [1.82, 2.24) is 0 Å². The summed E-state index contributed by atoms with van der Waals surface area (Å²) in [5, 5.41) is 0. The summed E-state index contributed by atoms with van der Waals surface area (Å²) in [5.41, 5.74) is 0. The molecule has 0 aromatic rings. The van der Waals surface area contributed by atoms with Crippen molar-refractivity contribution < 1.29 is 18.9 Å². The highest BCUT2D eigenvalue weighted by Gasteiger charge is 2.10. The van der Waals surface area contributed by atoms with Crippen molar-refractivity contribution >= 4 is 0 Å². The zero-order chi connectivity index (χ0) is 30.3. The summed E-state index contributed by atoms with van der Waals surface area (Å²) in [4.78, 5) is 0. The van der Waals surface area contributed by atoms with Crippen LogP contribution in [0.15, 0.2) is 0 Å². The smallest absolute Gasteiger partial charge is 0.180 e. The lowest BCUT2D eigenvalue weighted by Crippen LogP contribution is -2.22. The summed E-state index contributed by atoms with van der Waals surface area (Å²) in [5.74, 6) is 9.35. The molecule has 0 aromatic carbocycles. The van der Waals surface area contributed by atoms with Gasteiger partial charge in [0.2, 0.25) is 0 Å². The topological polar surface area (TPSA) is 36.9 Å². The molecule has 0 fully saturated rings. The van der Waals surface area contributed by atoms with E-state index in [1.54, 1.807) is 0 Å². The van der Waals surface area contributed by atoms with Crippen LogP contribution in [0.2, 0.25) is 0 Å². The molecule has 238 valence electrons. The Hall–Kier alpha value is -1.96. The van der Waals surface area contributed by atoms with E-state index in [1.165, 1.54) is 96.3 Å². The van der Waals surface area contributed by atoms with Crippen molar-refractivity contribution in [1.29, 1.82) is 0 Å². The van der Waals surface area contributed by atoms with E-state index in [2.05, 4.69) is 56.9 Å². The first-order valence-electron chi connectivity index (χ1n) is 17.2. The van der Waals surface area contributed by atoms with Gasteiger partial charge in [0, 0.05) is 32.5 Å². The van der Waals surface area contributed by atoms with Gasteiger partial charge in [-0.15, -0.1) is 0 Å². The van der Waals surface area contributed by atoms with E-state index >= 15 is 0 Å². The molecular weight excluding hydrogens is 508 g/mol. The molecule has 0 aliphatic carbocycles. The van der Waals surface area contributed by atoms with Crippen LogP contribution in [-0.4, -0.2) is 32.5 Å². The van der Waals surface area contributed by atoms with E-state index in [0.717, 1.165) is 51.7 Å². The van der Waals surface area contributed by atoms with Crippen molar-refractivity contribution in [3.63, 3.8) is 0 Å². The van der Waals surface area contributed by atoms with Gasteiger partial charge in [-0.25, -0.2) is 0 Å². The zero-order valence-corrected chi connectivity index (χ0v) is 27.9. The number of hydrogen-bond donors (Lipinski definition) is 0. The molecule has 4 heteroatoms. The van der Waals surface area contributed by atoms with Gasteiger partial charge in [-0.1, -0.05) is 135 Å². The highest BCUT2D eigenvalue weighted by Crippen LogP contribution is 2.08. The predicted octanol–water partition coefficient (Wildman–Crippen LogP) is 10.6. The average Bonchev–Trinajstić information content (AvgIpc) is 2.98. The van der Waals surface area contributed by atoms with Crippen molar-refractivity contribution in [3.8, 4) is 36.1 Å². The lowest BCUT2D eigenvalue weighted by atomic mass is 10.1. The minimum absolute atomic E-state index is 0.284. The van der Waals surface area contributed by atoms with E-state index < -0.39 is 0 Å². The van der Waals surface area contributed by atoms with Crippen LogP contribution < -0.4 is 0 Å². The van der Waals surface area contributed by atoms with Gasteiger partial charge in [-0.05, 0) is 33.1 Å². The molecule has 0 radical (unpaired) electrons. The first-order valence-corrected chi connectivity index (χ1v) is 17.2. The second kappa shape index (κ2) is 40.2. The molecule has 0 heterocycles. The maximum atomic E-state index is 5.71. The third-order valence-corrected chi connectivity index (χ3v) is 6.50. The monoisotopic (exact) mass is 574 g/mol. The Morgan fingerprint density at radius 2 is 0.756 bits per heavy atom. The number of ether oxygens (including phenoxy) is 4. The largest absolute Gasteiger partial charge is 0.442 e. The molecule has 0 rings (SSSR count). The quantitative estimate of drug-likeness (QED) is 0.0803. The average molecular weight is 575 g/mol. The van der Waals surface area contributed by atoms with Gasteiger partial charge in [0.15, 0.2) is 6.10 Å². The van der Waals surface area contributed by atoms with Crippen LogP contribution in [0.5, 0.6) is 0 Å². The van der Waals surface area contributed by atoms with Gasteiger partial charge in [-0.2, -0.15) is 0 Å². The Morgan fingerprint density at radius 1 is 0.415 bits per heavy atom. The van der Waals surface area contributed by atoms with E-state index in [4.69, 9.17) is 18.9 Å². The fourth-order valence-electron chi connectivity index (χ4n) is 3.95. The van der Waals surface area contributed by atoms with Crippen LogP contribution >= 0.6 is 0 Å². The minimum atomic E-state index is -0.284. The van der Waals surface area contributed by atoms with Crippen molar-refractivity contribution in [2.45, 2.75) is 176 Å². The van der Waals surface area contributed by atoms with Gasteiger partial charge in [0.05, 0.1) is 0 Å². The van der Waals surface area contributed by atoms with Crippen molar-refractivity contribution in [2.24, 2.45) is 0 Å². The Bertz CT molecular complexity index is 630. The third kappa shape index (κ3) is 40.2. The van der Waals surface area contributed by atoms with E-state index in [-0.39, 0.29) is 6.10 Å². The molecule has 0 saturated heterocycles. The molecule has 0 atom stereocenters. The molecule has 0 aliphatic heterocycles. The van der Waals surface area contributed by atoms with Gasteiger partial charge in [0.25, 0.3) is 0 Å². The van der Waals surface area contributed by atoms with Gasteiger partial charge >= 0.3 is 0 Å². The van der Waals surface area contributed by atoms with Gasteiger partial charge in [0.1, 0.15) is 31.5 Å². The van der Waals surface area contributed by atoms with Crippen molar-refractivity contribution in [3.05, 3.63) is 0 Å². The highest BCUT2D eigenvalue weighted by molar-refractivity contribution is 4.94. The lowest BCUT2D eigenvalue weighted by molar-refractivity contribution is 0.0417. The Kier molecular flexibility index (Phi) is 40.4. The zero-order valence-electron chi connectivity index (χ0n) is 27.9. The normalized spacial score (nSPS) is 9.80. The third-order valence-electron chi connectivity index (χ3n) is 6.50. The maximum absolute atomic E-state index is 5.71. The fourth-order valence-corrected chi connectivity index (χ4v) is 3.95. The van der Waals surface area contributed by atoms with Crippen LogP contribution in [0.1, 0.15) is 169 Å². The maximum Gasteiger partial charge on any atom is 0.180 e. The summed E-state index contributed by atoms with van der Waals surface area (Å²) >= 11 is 0. The number of rotatable bonds is 25. The van der Waals surface area contributed by atoms with E-state index in [1.807, 2.05) is 13.8 Å². The fraction of sp³-hybridized carbons (Fsp3) is 0.838. The lowest BCUT2D eigenvalue weighted by Gasteiger charge is -2.11. The SMILES string of the molecule is CCCCCCCCC#COCC(COC#CCCCCCCCC)OC#CCCCCCCCC.CCOCC. The molecule has 0 aromatic heterocycles. The van der Waals surface area contributed by atoms with Gasteiger partial charge < -0.3 is 18.9 Å². The van der Waals surface area contributed by atoms with E-state index in [0.29, 0.717) is 13.2 Å². The van der Waals surface area contributed by atoms with Crippen LogP contribution in [-0.2, 0) is 18.9 Å². The summed E-state index contributed by atoms with van der Waals surface area (Å²) in [6.07, 6.45) is 33.8. The summed E-state index contributed by atoms with van der Waals surface area (Å²) in [7, 11) is 0. The predicted molar refractivity (Wildman–Crippen MR) is 176 cm³/mol. The summed E-state index contributed by atoms with van der Waals surface area (Å²) in [6.45, 7) is 13.1. The highest BCUT2D eigenvalue weighted by atomic mass is 16.5. The molecule has 0 spiro atoms. The molecule has 0 bridgehead atoms.